The molecule has 1 aromatic carbocycles. The van der Waals surface area contributed by atoms with Crippen LogP contribution in [0.2, 0.25) is 5.02 Å². The summed E-state index contributed by atoms with van der Waals surface area (Å²) in [7, 11) is 0. The predicted octanol–water partition coefficient (Wildman–Crippen LogP) is 1.74. The van der Waals surface area contributed by atoms with E-state index in [1.807, 2.05) is 12.1 Å². The molecule has 0 unspecified atom stereocenters. The third kappa shape index (κ3) is 3.03. The van der Waals surface area contributed by atoms with Crippen molar-refractivity contribution in [3.05, 3.63) is 40.5 Å². The molecule has 0 atom stereocenters. The highest BCUT2D eigenvalue weighted by Crippen LogP contribution is 2.14. The van der Waals surface area contributed by atoms with E-state index in [2.05, 4.69) is 10.3 Å². The van der Waals surface area contributed by atoms with Crippen LogP contribution in [0.1, 0.15) is 23.0 Å². The van der Waals surface area contributed by atoms with Gasteiger partial charge in [0.15, 0.2) is 5.82 Å². The fourth-order valence-electron chi connectivity index (χ4n) is 1.54. The molecule has 2 N–H and O–H groups in total. The lowest BCUT2D eigenvalue weighted by molar-refractivity contribution is 0.0520. The van der Waals surface area contributed by atoms with Crippen molar-refractivity contribution < 1.29 is 9.53 Å². The summed E-state index contributed by atoms with van der Waals surface area (Å²) in [6.45, 7) is 2.39. The van der Waals surface area contributed by atoms with Crippen LogP contribution in [0.15, 0.2) is 24.3 Å². The molecule has 7 heteroatoms. The fourth-order valence-corrected chi connectivity index (χ4v) is 1.67. The molecule has 0 aliphatic carbocycles. The van der Waals surface area contributed by atoms with E-state index in [1.165, 1.54) is 4.68 Å². The summed E-state index contributed by atoms with van der Waals surface area (Å²) in [5.74, 6) is -0.379. The third-order valence-corrected chi connectivity index (χ3v) is 2.74. The van der Waals surface area contributed by atoms with Crippen molar-refractivity contribution in [1.82, 2.24) is 15.0 Å². The van der Waals surface area contributed by atoms with Crippen LogP contribution in [0.25, 0.3) is 0 Å². The van der Waals surface area contributed by atoms with Crippen LogP contribution in [0, 0.1) is 0 Å². The van der Waals surface area contributed by atoms with Gasteiger partial charge in [0, 0.05) is 5.02 Å². The lowest BCUT2D eigenvalue weighted by Crippen LogP contribution is -2.10. The van der Waals surface area contributed by atoms with E-state index in [4.69, 9.17) is 22.1 Å². The lowest BCUT2D eigenvalue weighted by atomic mass is 10.2. The minimum atomic E-state index is -0.567. The second kappa shape index (κ2) is 5.71. The summed E-state index contributed by atoms with van der Waals surface area (Å²) in [6, 6.07) is 7.26. The summed E-state index contributed by atoms with van der Waals surface area (Å²) in [6.07, 6.45) is 0. The third-order valence-electron chi connectivity index (χ3n) is 2.49. The zero-order chi connectivity index (χ0) is 13.8. The van der Waals surface area contributed by atoms with E-state index in [1.54, 1.807) is 19.1 Å². The van der Waals surface area contributed by atoms with E-state index in [0.29, 0.717) is 11.6 Å². The zero-order valence-electron chi connectivity index (χ0n) is 10.3. The molecule has 19 heavy (non-hydrogen) atoms. The van der Waals surface area contributed by atoms with E-state index in [9.17, 15) is 4.79 Å². The van der Waals surface area contributed by atoms with Crippen LogP contribution < -0.4 is 5.73 Å². The van der Waals surface area contributed by atoms with E-state index in [0.717, 1.165) is 5.56 Å². The van der Waals surface area contributed by atoms with Gasteiger partial charge in [-0.2, -0.15) is 0 Å². The number of carbonyl (C=O) groups excluding carboxylic acids is 1. The molecule has 0 bridgehead atoms. The van der Waals surface area contributed by atoms with Crippen molar-refractivity contribution in [3.63, 3.8) is 0 Å². The lowest BCUT2D eigenvalue weighted by Gasteiger charge is -2.04. The Morgan fingerprint density at radius 2 is 2.11 bits per heavy atom. The predicted molar refractivity (Wildman–Crippen MR) is 70.9 cm³/mol. The highest BCUT2D eigenvalue weighted by molar-refractivity contribution is 6.30. The molecule has 6 nitrogen and oxygen atoms in total. The number of nitrogens with two attached hydrogens (primary N) is 1. The highest BCUT2D eigenvalue weighted by Gasteiger charge is 2.18. The second-order valence-electron chi connectivity index (χ2n) is 3.83. The molecule has 1 heterocycles. The van der Waals surface area contributed by atoms with Gasteiger partial charge in [-0.25, -0.2) is 9.48 Å². The quantitative estimate of drug-likeness (QED) is 0.863. The van der Waals surface area contributed by atoms with Crippen LogP contribution in [0.5, 0.6) is 0 Å². The first-order valence-electron chi connectivity index (χ1n) is 5.72. The first kappa shape index (κ1) is 13.4. The number of benzene rings is 1. The smallest absolute Gasteiger partial charge is 0.362 e. The molecular formula is C12H13ClN4O2. The molecule has 0 radical (unpaired) electrons. The number of esters is 1. The van der Waals surface area contributed by atoms with Crippen molar-refractivity contribution in [2.24, 2.45) is 0 Å². The number of aromatic nitrogens is 3. The van der Waals surface area contributed by atoms with Gasteiger partial charge in [-0.1, -0.05) is 28.9 Å². The molecule has 0 aliphatic heterocycles. The summed E-state index contributed by atoms with van der Waals surface area (Å²) in [5, 5.41) is 8.24. The van der Waals surface area contributed by atoms with E-state index in [-0.39, 0.29) is 18.1 Å². The number of nitrogen functional groups attached to an aromatic ring is 1. The number of carbonyl (C=O) groups is 1. The van der Waals surface area contributed by atoms with Crippen LogP contribution in [0.3, 0.4) is 0 Å². The average Bonchev–Trinajstić information content (AvgIpc) is 2.74. The van der Waals surface area contributed by atoms with Gasteiger partial charge in [-0.05, 0) is 24.6 Å². The molecule has 2 aromatic rings. The van der Waals surface area contributed by atoms with Crippen molar-refractivity contribution in [2.75, 3.05) is 12.3 Å². The van der Waals surface area contributed by atoms with Gasteiger partial charge in [-0.3, -0.25) is 0 Å². The average molecular weight is 281 g/mol. The Kier molecular flexibility index (Phi) is 4.01. The molecule has 0 fully saturated rings. The second-order valence-corrected chi connectivity index (χ2v) is 4.26. The van der Waals surface area contributed by atoms with Crippen molar-refractivity contribution in [1.29, 1.82) is 0 Å². The minimum absolute atomic E-state index is 0.0378. The van der Waals surface area contributed by atoms with Gasteiger partial charge < -0.3 is 10.5 Å². The van der Waals surface area contributed by atoms with Crippen molar-refractivity contribution >= 4 is 23.4 Å². The maximum Gasteiger partial charge on any atom is 0.362 e. The van der Waals surface area contributed by atoms with Crippen LogP contribution in [-0.4, -0.2) is 27.6 Å². The summed E-state index contributed by atoms with van der Waals surface area (Å²) >= 11 is 5.81. The minimum Gasteiger partial charge on any atom is -0.461 e. The Bertz CT molecular complexity index is 580. The largest absolute Gasteiger partial charge is 0.461 e. The number of anilines is 1. The standard InChI is InChI=1S/C12H13ClN4O2/c1-2-19-12(18)10-11(14)17(16-15-10)7-8-3-5-9(13)6-4-8/h3-6H,2,7,14H2,1H3. The molecular weight excluding hydrogens is 268 g/mol. The van der Waals surface area contributed by atoms with Crippen LogP contribution in [0.4, 0.5) is 5.82 Å². The van der Waals surface area contributed by atoms with Crippen LogP contribution in [-0.2, 0) is 11.3 Å². The monoisotopic (exact) mass is 280 g/mol. The first-order chi connectivity index (χ1) is 9.11. The van der Waals surface area contributed by atoms with Crippen molar-refractivity contribution in [2.45, 2.75) is 13.5 Å². The number of nitrogens with zero attached hydrogens (tertiary/aromatic N) is 3. The fraction of sp³-hybridized carbons (Fsp3) is 0.250. The number of rotatable bonds is 4. The van der Waals surface area contributed by atoms with Crippen molar-refractivity contribution in [3.8, 4) is 0 Å². The molecule has 0 saturated heterocycles. The Balaban J connectivity index is 2.18. The Labute approximate surface area is 115 Å². The molecule has 0 spiro atoms. The van der Waals surface area contributed by atoms with Gasteiger partial charge >= 0.3 is 5.97 Å². The topological polar surface area (TPSA) is 83.0 Å². The summed E-state index contributed by atoms with van der Waals surface area (Å²) in [5.41, 5.74) is 6.82. The number of hydrogen-bond acceptors (Lipinski definition) is 5. The molecule has 0 amide bonds. The Morgan fingerprint density at radius 1 is 1.42 bits per heavy atom. The number of halogens is 1. The normalized spacial score (nSPS) is 10.4. The van der Waals surface area contributed by atoms with Gasteiger partial charge in [0.1, 0.15) is 0 Å². The SMILES string of the molecule is CCOC(=O)c1nnn(Cc2ccc(Cl)cc2)c1N. The Morgan fingerprint density at radius 3 is 2.74 bits per heavy atom. The van der Waals surface area contributed by atoms with Crippen LogP contribution >= 0.6 is 11.6 Å². The maximum absolute atomic E-state index is 11.5. The first-order valence-corrected chi connectivity index (χ1v) is 6.10. The molecule has 100 valence electrons. The summed E-state index contributed by atoms with van der Waals surface area (Å²) < 4.78 is 6.28. The van der Waals surface area contributed by atoms with Gasteiger partial charge in [0.25, 0.3) is 0 Å². The van der Waals surface area contributed by atoms with Gasteiger partial charge in [-0.15, -0.1) is 5.10 Å². The highest BCUT2D eigenvalue weighted by atomic mass is 35.5. The number of hydrogen-bond donors (Lipinski definition) is 1. The summed E-state index contributed by atoms with van der Waals surface area (Å²) in [4.78, 5) is 11.5. The number of ether oxygens (including phenoxy) is 1. The van der Waals surface area contributed by atoms with E-state index < -0.39 is 5.97 Å². The molecule has 1 aromatic heterocycles. The van der Waals surface area contributed by atoms with Gasteiger partial charge in [0.2, 0.25) is 5.69 Å². The molecule has 0 saturated carbocycles. The van der Waals surface area contributed by atoms with E-state index >= 15 is 0 Å². The maximum atomic E-state index is 11.5. The molecule has 2 rings (SSSR count). The molecule has 0 aliphatic rings. The van der Waals surface area contributed by atoms with Gasteiger partial charge in [0.05, 0.1) is 13.2 Å². The Hall–Kier alpha value is -2.08. The zero-order valence-corrected chi connectivity index (χ0v) is 11.1.